The summed E-state index contributed by atoms with van der Waals surface area (Å²) in [7, 11) is 0. The molecule has 0 aliphatic heterocycles. The molecule has 0 aromatic rings. The molecule has 1 saturated carbocycles. The number of hydrogen-bond donors (Lipinski definition) is 3. The predicted octanol–water partition coefficient (Wildman–Crippen LogP) is 0.679. The molecule has 1 rings (SSSR count). The zero-order valence-electron chi connectivity index (χ0n) is 9.20. The van der Waals surface area contributed by atoms with Gasteiger partial charge in [0.2, 0.25) is 0 Å². The summed E-state index contributed by atoms with van der Waals surface area (Å²) in [5.41, 5.74) is 2.31. The summed E-state index contributed by atoms with van der Waals surface area (Å²) in [5, 5.41) is 18.3. The molecule has 5 nitrogen and oxygen atoms in total. The molecule has 0 aromatic carbocycles. The Labute approximate surface area is 88.3 Å². The van der Waals surface area contributed by atoms with Crippen molar-refractivity contribution in [2.75, 3.05) is 0 Å². The van der Waals surface area contributed by atoms with E-state index in [4.69, 9.17) is 10.8 Å². The minimum absolute atomic E-state index is 0.193. The zero-order chi connectivity index (χ0) is 12.1. The van der Waals surface area contributed by atoms with Crippen molar-refractivity contribution >= 4 is 11.9 Å². The smallest absolute Gasteiger partial charge is 0.324 e. The molecular weight excluding hydrogens is 198 g/mol. The zero-order valence-corrected chi connectivity index (χ0v) is 9.20. The molecule has 86 valence electrons. The van der Waals surface area contributed by atoms with Gasteiger partial charge in [-0.1, -0.05) is 13.8 Å². The summed E-state index contributed by atoms with van der Waals surface area (Å²) in [6.07, 6.45) is 0.482. The van der Waals surface area contributed by atoms with Crippen LogP contribution in [0.1, 0.15) is 33.6 Å². The third-order valence-electron chi connectivity index (χ3n) is 4.37. The van der Waals surface area contributed by atoms with Crippen LogP contribution in [0.25, 0.3) is 0 Å². The molecule has 15 heavy (non-hydrogen) atoms. The van der Waals surface area contributed by atoms with Gasteiger partial charge in [-0.25, -0.2) is 0 Å². The van der Waals surface area contributed by atoms with Gasteiger partial charge < -0.3 is 15.9 Å². The first-order chi connectivity index (χ1) is 6.59. The van der Waals surface area contributed by atoms with Gasteiger partial charge in [0.15, 0.2) is 0 Å². The summed E-state index contributed by atoms with van der Waals surface area (Å²) < 4.78 is 0. The van der Waals surface area contributed by atoms with Crippen LogP contribution >= 0.6 is 0 Å². The Kier molecular flexibility index (Phi) is 2.35. The number of hydrogen-bond acceptors (Lipinski definition) is 3. The fourth-order valence-electron chi connectivity index (χ4n) is 2.31. The highest BCUT2D eigenvalue weighted by molar-refractivity contribution is 5.85. The van der Waals surface area contributed by atoms with E-state index in [9.17, 15) is 14.7 Å². The lowest BCUT2D eigenvalue weighted by Crippen LogP contribution is -2.60. The average Bonchev–Trinajstić information content (AvgIpc) is 2.28. The molecule has 0 bridgehead atoms. The van der Waals surface area contributed by atoms with Crippen molar-refractivity contribution in [1.29, 1.82) is 0 Å². The Hall–Kier alpha value is -1.10. The minimum Gasteiger partial charge on any atom is -0.481 e. The van der Waals surface area contributed by atoms with Crippen molar-refractivity contribution in [2.45, 2.75) is 39.2 Å². The van der Waals surface area contributed by atoms with E-state index in [-0.39, 0.29) is 12.8 Å². The second kappa shape index (κ2) is 2.95. The molecule has 1 aliphatic rings. The summed E-state index contributed by atoms with van der Waals surface area (Å²) in [5.74, 6) is -2.11. The van der Waals surface area contributed by atoms with Crippen LogP contribution < -0.4 is 5.73 Å². The second-order valence-electron chi connectivity index (χ2n) is 5.04. The van der Waals surface area contributed by atoms with Crippen LogP contribution in [0.5, 0.6) is 0 Å². The van der Waals surface area contributed by atoms with Gasteiger partial charge in [-0.2, -0.15) is 0 Å². The number of carbonyl (C=O) groups is 2. The van der Waals surface area contributed by atoms with Crippen LogP contribution in [-0.4, -0.2) is 27.7 Å². The third-order valence-corrected chi connectivity index (χ3v) is 4.37. The third kappa shape index (κ3) is 1.19. The Bertz CT molecular complexity index is 295. The van der Waals surface area contributed by atoms with E-state index < -0.39 is 28.3 Å². The predicted molar refractivity (Wildman–Crippen MR) is 53.3 cm³/mol. The minimum atomic E-state index is -1.46. The Morgan fingerprint density at radius 2 is 1.53 bits per heavy atom. The Morgan fingerprint density at radius 3 is 1.73 bits per heavy atom. The van der Waals surface area contributed by atoms with Gasteiger partial charge in [0, 0.05) is 5.41 Å². The number of carboxylic acids is 2. The SMILES string of the molecule is CC1(C)[C@](N)(C(=O)O)CC[C@]1(C)C(=O)O. The molecule has 0 saturated heterocycles. The molecular formula is C10H17NO4. The number of nitrogens with two attached hydrogens (primary N) is 1. The van der Waals surface area contributed by atoms with Crippen LogP contribution in [0.15, 0.2) is 0 Å². The average molecular weight is 215 g/mol. The fraction of sp³-hybridized carbons (Fsp3) is 0.800. The van der Waals surface area contributed by atoms with Gasteiger partial charge >= 0.3 is 11.9 Å². The van der Waals surface area contributed by atoms with E-state index in [1.54, 1.807) is 20.8 Å². The largest absolute Gasteiger partial charge is 0.481 e. The molecule has 2 atom stereocenters. The van der Waals surface area contributed by atoms with Gasteiger partial charge in [-0.05, 0) is 19.8 Å². The summed E-state index contributed by atoms with van der Waals surface area (Å²) >= 11 is 0. The molecule has 1 fully saturated rings. The van der Waals surface area contributed by atoms with E-state index in [2.05, 4.69) is 0 Å². The van der Waals surface area contributed by atoms with Gasteiger partial charge in [0.25, 0.3) is 0 Å². The van der Waals surface area contributed by atoms with Crippen molar-refractivity contribution < 1.29 is 19.8 Å². The molecule has 1 aliphatic carbocycles. The van der Waals surface area contributed by atoms with Crippen molar-refractivity contribution in [2.24, 2.45) is 16.6 Å². The van der Waals surface area contributed by atoms with Crippen LogP contribution in [0.2, 0.25) is 0 Å². The summed E-state index contributed by atoms with van der Waals surface area (Å²) in [6, 6.07) is 0. The second-order valence-corrected chi connectivity index (χ2v) is 5.04. The first kappa shape index (κ1) is 12.0. The molecule has 4 N–H and O–H groups in total. The Morgan fingerprint density at radius 1 is 1.07 bits per heavy atom. The first-order valence-corrected chi connectivity index (χ1v) is 4.85. The summed E-state index contributed by atoms with van der Waals surface area (Å²) in [4.78, 5) is 22.3. The lowest BCUT2D eigenvalue weighted by atomic mass is 9.63. The first-order valence-electron chi connectivity index (χ1n) is 4.85. The van der Waals surface area contributed by atoms with Crippen LogP contribution in [0.4, 0.5) is 0 Å². The van der Waals surface area contributed by atoms with Crippen LogP contribution in [0.3, 0.4) is 0 Å². The highest BCUT2D eigenvalue weighted by Gasteiger charge is 2.65. The molecule has 0 spiro atoms. The van der Waals surface area contributed by atoms with Gasteiger partial charge in [0.1, 0.15) is 5.54 Å². The Balaban J connectivity index is 3.26. The van der Waals surface area contributed by atoms with E-state index in [1.165, 1.54) is 0 Å². The van der Waals surface area contributed by atoms with Gasteiger partial charge in [-0.15, -0.1) is 0 Å². The normalized spacial score (nSPS) is 38.9. The summed E-state index contributed by atoms with van der Waals surface area (Å²) in [6.45, 7) is 4.79. The van der Waals surface area contributed by atoms with E-state index >= 15 is 0 Å². The maximum atomic E-state index is 11.2. The molecule has 0 amide bonds. The lowest BCUT2D eigenvalue weighted by molar-refractivity contribution is -0.159. The van der Waals surface area contributed by atoms with Crippen molar-refractivity contribution in [1.82, 2.24) is 0 Å². The number of aliphatic carboxylic acids is 2. The topological polar surface area (TPSA) is 101 Å². The maximum Gasteiger partial charge on any atom is 0.324 e. The van der Waals surface area contributed by atoms with E-state index in [1.807, 2.05) is 0 Å². The number of rotatable bonds is 2. The molecule has 0 heterocycles. The van der Waals surface area contributed by atoms with Crippen molar-refractivity contribution in [3.8, 4) is 0 Å². The molecule has 0 aromatic heterocycles. The van der Waals surface area contributed by atoms with Gasteiger partial charge in [-0.3, -0.25) is 9.59 Å². The standard InChI is InChI=1S/C10H17NO4/c1-8(2)9(3,6(12)13)4-5-10(8,11)7(14)15/h4-5,11H2,1-3H3,(H,12,13)(H,14,15)/t9-,10-/m1/s1. The van der Waals surface area contributed by atoms with Crippen molar-refractivity contribution in [3.05, 3.63) is 0 Å². The molecule has 0 radical (unpaired) electrons. The number of carboxylic acid groups (broad SMARTS) is 2. The van der Waals surface area contributed by atoms with E-state index in [0.29, 0.717) is 0 Å². The monoisotopic (exact) mass is 215 g/mol. The highest BCUT2D eigenvalue weighted by atomic mass is 16.4. The van der Waals surface area contributed by atoms with Crippen LogP contribution in [-0.2, 0) is 9.59 Å². The quantitative estimate of drug-likeness (QED) is 0.628. The van der Waals surface area contributed by atoms with Crippen molar-refractivity contribution in [3.63, 3.8) is 0 Å². The van der Waals surface area contributed by atoms with Crippen LogP contribution in [0, 0.1) is 10.8 Å². The maximum absolute atomic E-state index is 11.2. The molecule has 5 heteroatoms. The molecule has 0 unspecified atom stereocenters. The highest BCUT2D eigenvalue weighted by Crippen LogP contribution is 2.57. The van der Waals surface area contributed by atoms with Gasteiger partial charge in [0.05, 0.1) is 5.41 Å². The fourth-order valence-corrected chi connectivity index (χ4v) is 2.31. The lowest BCUT2D eigenvalue weighted by Gasteiger charge is -2.42. The van der Waals surface area contributed by atoms with E-state index in [0.717, 1.165) is 0 Å².